The first-order chi connectivity index (χ1) is 9.22. The molecule has 0 fully saturated rings. The maximum absolute atomic E-state index is 12.4. The standard InChI is InChI=1S/C15H24N2O2/c1-3-5-11-17(12-6-4-2)15(18)13-7-9-14(16-19)10-8-13/h7-10,16,19H,3-6,11-12H2,1-2H3. The lowest BCUT2D eigenvalue weighted by atomic mass is 10.1. The zero-order valence-electron chi connectivity index (χ0n) is 11.9. The highest BCUT2D eigenvalue weighted by Gasteiger charge is 2.14. The summed E-state index contributed by atoms with van der Waals surface area (Å²) in [7, 11) is 0. The van der Waals surface area contributed by atoms with Crippen LogP contribution in [0, 0.1) is 0 Å². The fraction of sp³-hybridized carbons (Fsp3) is 0.533. The first-order valence-corrected chi connectivity index (χ1v) is 7.02. The normalized spacial score (nSPS) is 10.3. The first kappa shape index (κ1) is 15.5. The van der Waals surface area contributed by atoms with E-state index in [1.807, 2.05) is 4.90 Å². The van der Waals surface area contributed by atoms with E-state index in [1.165, 1.54) is 0 Å². The molecule has 0 aromatic heterocycles. The molecule has 2 N–H and O–H groups in total. The predicted molar refractivity (Wildman–Crippen MR) is 77.6 cm³/mol. The maximum Gasteiger partial charge on any atom is 0.253 e. The van der Waals surface area contributed by atoms with Gasteiger partial charge in [0.05, 0.1) is 5.69 Å². The van der Waals surface area contributed by atoms with Crippen LogP contribution < -0.4 is 5.48 Å². The van der Waals surface area contributed by atoms with Crippen molar-refractivity contribution in [2.75, 3.05) is 18.6 Å². The molecule has 19 heavy (non-hydrogen) atoms. The van der Waals surface area contributed by atoms with Crippen molar-refractivity contribution >= 4 is 11.6 Å². The molecule has 0 saturated heterocycles. The number of amides is 1. The smallest absolute Gasteiger partial charge is 0.253 e. The van der Waals surface area contributed by atoms with E-state index in [9.17, 15) is 4.79 Å². The van der Waals surface area contributed by atoms with Gasteiger partial charge in [0.2, 0.25) is 0 Å². The monoisotopic (exact) mass is 264 g/mol. The summed E-state index contributed by atoms with van der Waals surface area (Å²) in [6.07, 6.45) is 4.24. The Balaban J connectivity index is 2.72. The number of nitrogens with zero attached hydrogens (tertiary/aromatic N) is 1. The zero-order valence-corrected chi connectivity index (χ0v) is 11.9. The summed E-state index contributed by atoms with van der Waals surface area (Å²) in [6, 6.07) is 6.88. The van der Waals surface area contributed by atoms with E-state index >= 15 is 0 Å². The van der Waals surface area contributed by atoms with Crippen LogP contribution >= 0.6 is 0 Å². The molecule has 0 atom stereocenters. The second-order valence-electron chi connectivity index (χ2n) is 4.69. The van der Waals surface area contributed by atoms with E-state index in [0.717, 1.165) is 38.8 Å². The summed E-state index contributed by atoms with van der Waals surface area (Å²) < 4.78 is 0. The average Bonchev–Trinajstić information content (AvgIpc) is 2.47. The largest absolute Gasteiger partial charge is 0.339 e. The van der Waals surface area contributed by atoms with E-state index in [-0.39, 0.29) is 5.91 Å². The van der Waals surface area contributed by atoms with Gasteiger partial charge in [0, 0.05) is 18.7 Å². The highest BCUT2D eigenvalue weighted by molar-refractivity contribution is 5.94. The van der Waals surface area contributed by atoms with Gasteiger partial charge in [-0.25, -0.2) is 0 Å². The second-order valence-corrected chi connectivity index (χ2v) is 4.69. The number of hydrogen-bond acceptors (Lipinski definition) is 3. The number of benzene rings is 1. The fourth-order valence-corrected chi connectivity index (χ4v) is 1.88. The van der Waals surface area contributed by atoms with Gasteiger partial charge in [0.15, 0.2) is 0 Å². The van der Waals surface area contributed by atoms with Crippen molar-refractivity contribution in [3.05, 3.63) is 29.8 Å². The molecule has 106 valence electrons. The lowest BCUT2D eigenvalue weighted by Gasteiger charge is -2.22. The van der Waals surface area contributed by atoms with Crippen molar-refractivity contribution in [1.82, 2.24) is 4.90 Å². The van der Waals surface area contributed by atoms with Gasteiger partial charge in [-0.3, -0.25) is 15.5 Å². The summed E-state index contributed by atoms with van der Waals surface area (Å²) in [5.41, 5.74) is 3.33. The van der Waals surface area contributed by atoms with Gasteiger partial charge in [0.25, 0.3) is 5.91 Å². The topological polar surface area (TPSA) is 52.6 Å². The lowest BCUT2D eigenvalue weighted by molar-refractivity contribution is 0.0751. The molecule has 4 heteroatoms. The van der Waals surface area contributed by atoms with E-state index in [4.69, 9.17) is 5.21 Å². The lowest BCUT2D eigenvalue weighted by Crippen LogP contribution is -2.32. The number of nitrogens with one attached hydrogen (secondary N) is 1. The van der Waals surface area contributed by atoms with E-state index < -0.39 is 0 Å². The molecular formula is C15H24N2O2. The molecule has 0 spiro atoms. The third-order valence-electron chi connectivity index (χ3n) is 3.11. The summed E-state index contributed by atoms with van der Waals surface area (Å²) in [5, 5.41) is 8.76. The number of rotatable bonds is 8. The van der Waals surface area contributed by atoms with Gasteiger partial charge in [0.1, 0.15) is 0 Å². The summed E-state index contributed by atoms with van der Waals surface area (Å²) >= 11 is 0. The number of hydrogen-bond donors (Lipinski definition) is 2. The minimum Gasteiger partial charge on any atom is -0.339 e. The first-order valence-electron chi connectivity index (χ1n) is 7.02. The van der Waals surface area contributed by atoms with Crippen LogP contribution in [0.3, 0.4) is 0 Å². The van der Waals surface area contributed by atoms with Crippen molar-refractivity contribution < 1.29 is 10.0 Å². The molecular weight excluding hydrogens is 240 g/mol. The molecule has 0 bridgehead atoms. The van der Waals surface area contributed by atoms with Gasteiger partial charge in [-0.05, 0) is 37.1 Å². The van der Waals surface area contributed by atoms with Crippen molar-refractivity contribution in [2.45, 2.75) is 39.5 Å². The Hall–Kier alpha value is -1.55. The van der Waals surface area contributed by atoms with E-state index in [2.05, 4.69) is 19.3 Å². The molecule has 0 aliphatic carbocycles. The van der Waals surface area contributed by atoms with Crippen LogP contribution in [0.15, 0.2) is 24.3 Å². The highest BCUT2D eigenvalue weighted by atomic mass is 16.5. The zero-order chi connectivity index (χ0) is 14.1. The minimum absolute atomic E-state index is 0.0754. The van der Waals surface area contributed by atoms with Crippen LogP contribution in [-0.4, -0.2) is 29.1 Å². The van der Waals surface area contributed by atoms with Crippen LogP contribution in [-0.2, 0) is 0 Å². The van der Waals surface area contributed by atoms with Crippen LogP contribution in [0.5, 0.6) is 0 Å². The molecule has 1 aromatic rings. The number of anilines is 1. The van der Waals surface area contributed by atoms with Crippen LogP contribution in [0.2, 0.25) is 0 Å². The Morgan fingerprint density at radius 1 is 1.11 bits per heavy atom. The summed E-state index contributed by atoms with van der Waals surface area (Å²) in [5.74, 6) is 0.0754. The predicted octanol–water partition coefficient (Wildman–Crippen LogP) is 3.53. The van der Waals surface area contributed by atoms with Crippen molar-refractivity contribution in [3.8, 4) is 0 Å². The third kappa shape index (κ3) is 4.91. The van der Waals surface area contributed by atoms with Gasteiger partial charge in [-0.2, -0.15) is 0 Å². The van der Waals surface area contributed by atoms with Gasteiger partial charge in [-0.1, -0.05) is 26.7 Å². The number of unbranched alkanes of at least 4 members (excludes halogenated alkanes) is 2. The Bertz CT molecular complexity index is 368. The number of carbonyl (C=O) groups is 1. The Morgan fingerprint density at radius 3 is 2.05 bits per heavy atom. The molecule has 1 rings (SSSR count). The Labute approximate surface area is 115 Å². The maximum atomic E-state index is 12.4. The minimum atomic E-state index is 0.0754. The van der Waals surface area contributed by atoms with Gasteiger partial charge < -0.3 is 4.90 Å². The molecule has 0 saturated carbocycles. The third-order valence-corrected chi connectivity index (χ3v) is 3.11. The second kappa shape index (κ2) is 8.53. The number of carbonyl (C=O) groups excluding carboxylic acids is 1. The van der Waals surface area contributed by atoms with Crippen molar-refractivity contribution in [3.63, 3.8) is 0 Å². The molecule has 4 nitrogen and oxygen atoms in total. The van der Waals surface area contributed by atoms with Gasteiger partial charge >= 0.3 is 0 Å². The molecule has 1 amide bonds. The molecule has 0 radical (unpaired) electrons. The molecule has 0 aliphatic rings. The van der Waals surface area contributed by atoms with Crippen LogP contribution in [0.4, 0.5) is 5.69 Å². The van der Waals surface area contributed by atoms with Gasteiger partial charge in [-0.15, -0.1) is 0 Å². The fourth-order valence-electron chi connectivity index (χ4n) is 1.88. The van der Waals surface area contributed by atoms with Crippen molar-refractivity contribution in [2.24, 2.45) is 0 Å². The molecule has 1 aromatic carbocycles. The van der Waals surface area contributed by atoms with Crippen LogP contribution in [0.25, 0.3) is 0 Å². The van der Waals surface area contributed by atoms with Crippen LogP contribution in [0.1, 0.15) is 49.9 Å². The quantitative estimate of drug-likeness (QED) is 0.706. The Morgan fingerprint density at radius 2 is 1.63 bits per heavy atom. The van der Waals surface area contributed by atoms with Crippen molar-refractivity contribution in [1.29, 1.82) is 0 Å². The molecule has 0 unspecified atom stereocenters. The average molecular weight is 264 g/mol. The SMILES string of the molecule is CCCCN(CCCC)C(=O)c1ccc(NO)cc1. The summed E-state index contributed by atoms with van der Waals surface area (Å²) in [4.78, 5) is 14.3. The highest BCUT2D eigenvalue weighted by Crippen LogP contribution is 2.12. The van der Waals surface area contributed by atoms with E-state index in [0.29, 0.717) is 11.3 Å². The molecule has 0 heterocycles. The summed E-state index contributed by atoms with van der Waals surface area (Å²) in [6.45, 7) is 5.89. The molecule has 0 aliphatic heterocycles. The Kier molecular flexibility index (Phi) is 6.97. The van der Waals surface area contributed by atoms with E-state index in [1.54, 1.807) is 24.3 Å².